The van der Waals surface area contributed by atoms with Crippen LogP contribution < -0.4 is 5.32 Å². The fourth-order valence-electron chi connectivity index (χ4n) is 2.00. The fourth-order valence-corrected chi connectivity index (χ4v) is 2.00. The summed E-state index contributed by atoms with van der Waals surface area (Å²) in [5.41, 5.74) is 0. The minimum atomic E-state index is 0. The normalized spacial score (nSPS) is 18.7. The average molecular weight is 295 g/mol. The number of carbonyl (C=O) groups excluding carboxylic acids is 1. The molecular weight excluding hydrogens is 275 g/mol. The number of aryl methyl sites for hydroxylation is 1. The zero-order valence-corrected chi connectivity index (χ0v) is 12.0. The van der Waals surface area contributed by atoms with Gasteiger partial charge in [-0.05, 0) is 6.92 Å². The Hall–Kier alpha value is -0.780. The van der Waals surface area contributed by atoms with Gasteiger partial charge in [-0.2, -0.15) is 0 Å². The molecule has 1 amide bonds. The molecule has 1 aromatic heterocycles. The summed E-state index contributed by atoms with van der Waals surface area (Å²) in [6, 6.07) is 0.309. The number of hydrogen-bond acceptors (Lipinski definition) is 3. The van der Waals surface area contributed by atoms with Gasteiger partial charge in [-0.25, -0.2) is 4.98 Å². The SMILES string of the molecule is CC1CNCCN1C(=O)CCn1ccnc1.Cl.Cl. The number of amides is 1. The van der Waals surface area contributed by atoms with Gasteiger partial charge >= 0.3 is 0 Å². The maximum atomic E-state index is 12.0. The molecule has 5 nitrogen and oxygen atoms in total. The first-order valence-corrected chi connectivity index (χ1v) is 5.73. The van der Waals surface area contributed by atoms with E-state index >= 15 is 0 Å². The van der Waals surface area contributed by atoms with Crippen LogP contribution >= 0.6 is 24.8 Å². The fraction of sp³-hybridized carbons (Fsp3) is 0.636. The van der Waals surface area contributed by atoms with Crippen molar-refractivity contribution in [1.82, 2.24) is 19.8 Å². The lowest BCUT2D eigenvalue weighted by Gasteiger charge is -2.34. The van der Waals surface area contributed by atoms with Crippen molar-refractivity contribution in [1.29, 1.82) is 0 Å². The summed E-state index contributed by atoms with van der Waals surface area (Å²) in [5.74, 6) is 0.239. The van der Waals surface area contributed by atoms with Crippen molar-refractivity contribution in [2.24, 2.45) is 0 Å². The second-order valence-electron chi connectivity index (χ2n) is 4.19. The van der Waals surface area contributed by atoms with Crippen LogP contribution in [0.2, 0.25) is 0 Å². The Morgan fingerprint density at radius 1 is 1.50 bits per heavy atom. The molecular formula is C11H20Cl2N4O. The summed E-state index contributed by atoms with van der Waals surface area (Å²) in [6.45, 7) is 5.43. The molecule has 18 heavy (non-hydrogen) atoms. The maximum Gasteiger partial charge on any atom is 0.224 e. The number of carbonyl (C=O) groups is 1. The van der Waals surface area contributed by atoms with Crippen LogP contribution in [0.1, 0.15) is 13.3 Å². The number of piperazine rings is 1. The van der Waals surface area contributed by atoms with Crippen molar-refractivity contribution in [3.63, 3.8) is 0 Å². The second-order valence-corrected chi connectivity index (χ2v) is 4.19. The van der Waals surface area contributed by atoms with Crippen LogP contribution in [-0.2, 0) is 11.3 Å². The van der Waals surface area contributed by atoms with E-state index in [-0.39, 0.29) is 30.7 Å². The van der Waals surface area contributed by atoms with Gasteiger partial charge in [-0.1, -0.05) is 0 Å². The number of nitrogens with zero attached hydrogens (tertiary/aromatic N) is 3. The maximum absolute atomic E-state index is 12.0. The predicted molar refractivity (Wildman–Crippen MR) is 75.4 cm³/mol. The summed E-state index contributed by atoms with van der Waals surface area (Å²) >= 11 is 0. The third-order valence-corrected chi connectivity index (χ3v) is 2.96. The Balaban J connectivity index is 0.00000144. The second kappa shape index (κ2) is 8.34. The van der Waals surface area contributed by atoms with E-state index in [1.54, 1.807) is 12.5 Å². The molecule has 1 fully saturated rings. The van der Waals surface area contributed by atoms with Gasteiger partial charge in [0.1, 0.15) is 0 Å². The number of nitrogens with one attached hydrogen (secondary N) is 1. The topological polar surface area (TPSA) is 50.2 Å². The van der Waals surface area contributed by atoms with E-state index in [0.717, 1.165) is 26.2 Å². The molecule has 0 spiro atoms. The molecule has 0 aromatic carbocycles. The molecule has 1 atom stereocenters. The Morgan fingerprint density at radius 3 is 2.89 bits per heavy atom. The monoisotopic (exact) mass is 294 g/mol. The van der Waals surface area contributed by atoms with Gasteiger partial charge in [0.2, 0.25) is 5.91 Å². The standard InChI is InChI=1S/C11H18N4O.2ClH/c1-10-8-12-4-7-15(10)11(16)2-5-14-6-3-13-9-14;;/h3,6,9-10,12H,2,4-5,7-8H2,1H3;2*1H. The molecule has 2 heterocycles. The van der Waals surface area contributed by atoms with Crippen molar-refractivity contribution in [3.05, 3.63) is 18.7 Å². The molecule has 0 saturated carbocycles. The molecule has 1 N–H and O–H groups in total. The lowest BCUT2D eigenvalue weighted by atomic mass is 10.2. The van der Waals surface area contributed by atoms with Gasteiger partial charge in [0.05, 0.1) is 6.33 Å². The van der Waals surface area contributed by atoms with Crippen molar-refractivity contribution in [2.45, 2.75) is 25.9 Å². The van der Waals surface area contributed by atoms with E-state index in [1.165, 1.54) is 0 Å². The summed E-state index contributed by atoms with van der Waals surface area (Å²) < 4.78 is 1.94. The highest BCUT2D eigenvalue weighted by atomic mass is 35.5. The Labute approximate surface area is 120 Å². The van der Waals surface area contributed by atoms with Crippen LogP contribution in [-0.4, -0.2) is 46.0 Å². The van der Waals surface area contributed by atoms with E-state index in [9.17, 15) is 4.79 Å². The molecule has 1 aliphatic heterocycles. The number of aromatic nitrogens is 2. The van der Waals surface area contributed by atoms with Crippen LogP contribution in [0.5, 0.6) is 0 Å². The summed E-state index contributed by atoms with van der Waals surface area (Å²) in [7, 11) is 0. The molecule has 2 rings (SSSR count). The van der Waals surface area contributed by atoms with Gasteiger partial charge in [0.15, 0.2) is 0 Å². The highest BCUT2D eigenvalue weighted by molar-refractivity contribution is 5.85. The van der Waals surface area contributed by atoms with E-state index < -0.39 is 0 Å². The van der Waals surface area contributed by atoms with Crippen LogP contribution in [0, 0.1) is 0 Å². The van der Waals surface area contributed by atoms with Crippen molar-refractivity contribution < 1.29 is 4.79 Å². The van der Waals surface area contributed by atoms with E-state index in [1.807, 2.05) is 15.7 Å². The smallest absolute Gasteiger partial charge is 0.224 e. The summed E-state index contributed by atoms with van der Waals surface area (Å²) in [6.07, 6.45) is 5.92. The number of hydrogen-bond donors (Lipinski definition) is 1. The highest BCUT2D eigenvalue weighted by Gasteiger charge is 2.22. The largest absolute Gasteiger partial charge is 0.337 e. The number of rotatable bonds is 3. The van der Waals surface area contributed by atoms with Gasteiger partial charge in [0.25, 0.3) is 0 Å². The number of halogens is 2. The predicted octanol–water partition coefficient (Wildman–Crippen LogP) is 0.937. The van der Waals surface area contributed by atoms with Crippen molar-refractivity contribution >= 4 is 30.7 Å². The first kappa shape index (κ1) is 17.2. The zero-order valence-electron chi connectivity index (χ0n) is 10.4. The lowest BCUT2D eigenvalue weighted by Crippen LogP contribution is -2.52. The van der Waals surface area contributed by atoms with Gasteiger partial charge in [-0.15, -0.1) is 24.8 Å². The first-order valence-electron chi connectivity index (χ1n) is 5.73. The van der Waals surface area contributed by atoms with Gasteiger partial charge in [0, 0.05) is 51.0 Å². The van der Waals surface area contributed by atoms with E-state index in [4.69, 9.17) is 0 Å². The van der Waals surface area contributed by atoms with E-state index in [2.05, 4.69) is 17.2 Å². The van der Waals surface area contributed by atoms with Gasteiger partial charge < -0.3 is 14.8 Å². The zero-order chi connectivity index (χ0) is 11.4. The van der Waals surface area contributed by atoms with Crippen molar-refractivity contribution in [2.75, 3.05) is 19.6 Å². The Bertz CT molecular complexity index is 345. The molecule has 1 saturated heterocycles. The molecule has 0 radical (unpaired) electrons. The minimum Gasteiger partial charge on any atom is -0.337 e. The molecule has 1 aromatic rings. The minimum absolute atomic E-state index is 0. The van der Waals surface area contributed by atoms with Crippen LogP contribution in [0.15, 0.2) is 18.7 Å². The van der Waals surface area contributed by atoms with Crippen molar-refractivity contribution in [3.8, 4) is 0 Å². The van der Waals surface area contributed by atoms with Gasteiger partial charge in [-0.3, -0.25) is 4.79 Å². The van der Waals surface area contributed by atoms with Crippen LogP contribution in [0.3, 0.4) is 0 Å². The Kier molecular flexibility index (Phi) is 7.98. The highest BCUT2D eigenvalue weighted by Crippen LogP contribution is 2.05. The van der Waals surface area contributed by atoms with Crippen LogP contribution in [0.4, 0.5) is 0 Å². The third-order valence-electron chi connectivity index (χ3n) is 2.96. The molecule has 104 valence electrons. The summed E-state index contributed by atoms with van der Waals surface area (Å²) in [5, 5.41) is 3.28. The number of imidazole rings is 1. The molecule has 1 unspecified atom stereocenters. The molecule has 7 heteroatoms. The third kappa shape index (κ3) is 4.48. The quantitative estimate of drug-likeness (QED) is 0.903. The molecule has 1 aliphatic rings. The lowest BCUT2D eigenvalue weighted by molar-refractivity contribution is -0.134. The molecule has 0 aliphatic carbocycles. The van der Waals surface area contributed by atoms with Crippen LogP contribution in [0.25, 0.3) is 0 Å². The van der Waals surface area contributed by atoms with E-state index in [0.29, 0.717) is 12.5 Å². The first-order chi connectivity index (χ1) is 7.77. The average Bonchev–Trinajstić information content (AvgIpc) is 2.79. The summed E-state index contributed by atoms with van der Waals surface area (Å²) in [4.78, 5) is 17.9. The molecule has 0 bridgehead atoms. The Morgan fingerprint density at radius 2 is 2.28 bits per heavy atom.